The van der Waals surface area contributed by atoms with Gasteiger partial charge in [0.25, 0.3) is 0 Å². The highest BCUT2D eigenvalue weighted by Crippen LogP contribution is 2.19. The van der Waals surface area contributed by atoms with Crippen LogP contribution in [0.15, 0.2) is 30.3 Å². The highest BCUT2D eigenvalue weighted by atomic mass is 15.3. The van der Waals surface area contributed by atoms with Crippen LogP contribution < -0.4 is 10.6 Å². The van der Waals surface area contributed by atoms with Gasteiger partial charge in [-0.2, -0.15) is 0 Å². The Labute approximate surface area is 144 Å². The summed E-state index contributed by atoms with van der Waals surface area (Å²) in [5.41, 5.74) is 9.04. The summed E-state index contributed by atoms with van der Waals surface area (Å²) in [6.45, 7) is 11.4. The summed E-state index contributed by atoms with van der Waals surface area (Å²) in [6.07, 6.45) is 0. The number of aryl methyl sites for hydroxylation is 1. The summed E-state index contributed by atoms with van der Waals surface area (Å²) in [7, 11) is 0. The molecular formula is C19H27N5. The highest BCUT2D eigenvalue weighted by molar-refractivity contribution is 5.42. The molecule has 1 aliphatic rings. The molecule has 0 radical (unpaired) electrons. The van der Waals surface area contributed by atoms with Crippen LogP contribution in [0.3, 0.4) is 0 Å². The molecule has 0 aliphatic carbocycles. The van der Waals surface area contributed by atoms with Crippen LogP contribution in [0.1, 0.15) is 36.8 Å². The van der Waals surface area contributed by atoms with Crippen molar-refractivity contribution in [3.63, 3.8) is 0 Å². The lowest BCUT2D eigenvalue weighted by molar-refractivity contribution is 0.249. The number of hydrogen-bond donors (Lipinski definition) is 1. The van der Waals surface area contributed by atoms with Gasteiger partial charge in [-0.3, -0.25) is 4.90 Å². The number of rotatable bonds is 4. The van der Waals surface area contributed by atoms with E-state index in [0.717, 1.165) is 55.7 Å². The van der Waals surface area contributed by atoms with E-state index in [1.54, 1.807) is 0 Å². The van der Waals surface area contributed by atoms with Crippen molar-refractivity contribution >= 4 is 11.5 Å². The molecule has 2 N–H and O–H groups in total. The number of nitrogen functional groups attached to an aromatic ring is 1. The van der Waals surface area contributed by atoms with Crippen LogP contribution in [0.25, 0.3) is 0 Å². The molecule has 0 unspecified atom stereocenters. The lowest BCUT2D eigenvalue weighted by Crippen LogP contribution is -2.46. The van der Waals surface area contributed by atoms with Crippen LogP contribution in [-0.4, -0.2) is 41.0 Å². The standard InChI is InChI=1S/C19H27N5/c1-14(2)19-21-15(3)11-18(22-19)24-9-7-23(8-10-24)13-16-5-4-6-17(20)12-16/h4-6,11-12,14H,7-10,13,20H2,1-3H3. The quantitative estimate of drug-likeness (QED) is 0.876. The van der Waals surface area contributed by atoms with E-state index in [2.05, 4.69) is 46.8 Å². The zero-order valence-corrected chi connectivity index (χ0v) is 14.9. The summed E-state index contributed by atoms with van der Waals surface area (Å²) in [5, 5.41) is 0. The number of piperazine rings is 1. The van der Waals surface area contributed by atoms with Crippen LogP contribution in [0.2, 0.25) is 0 Å². The van der Waals surface area contributed by atoms with E-state index in [-0.39, 0.29) is 0 Å². The predicted octanol–water partition coefficient (Wildman–Crippen LogP) is 2.81. The van der Waals surface area contributed by atoms with Crippen LogP contribution in [0.5, 0.6) is 0 Å². The summed E-state index contributed by atoms with van der Waals surface area (Å²) in [5.74, 6) is 2.36. The Balaban J connectivity index is 1.63. The molecule has 5 heteroatoms. The molecule has 2 heterocycles. The van der Waals surface area contributed by atoms with E-state index in [0.29, 0.717) is 5.92 Å². The van der Waals surface area contributed by atoms with Gasteiger partial charge < -0.3 is 10.6 Å². The number of hydrogen-bond acceptors (Lipinski definition) is 5. The Hall–Kier alpha value is -2.14. The third-order valence-corrected chi connectivity index (χ3v) is 4.43. The summed E-state index contributed by atoms with van der Waals surface area (Å²) >= 11 is 0. The second-order valence-corrected chi connectivity index (χ2v) is 6.89. The molecule has 0 saturated carbocycles. The molecule has 5 nitrogen and oxygen atoms in total. The van der Waals surface area contributed by atoms with Crippen LogP contribution >= 0.6 is 0 Å². The highest BCUT2D eigenvalue weighted by Gasteiger charge is 2.19. The third-order valence-electron chi connectivity index (χ3n) is 4.43. The average Bonchev–Trinajstić information content (AvgIpc) is 2.55. The van der Waals surface area contributed by atoms with Crippen molar-refractivity contribution in [2.75, 3.05) is 36.8 Å². The number of nitrogens with two attached hydrogens (primary N) is 1. The minimum absolute atomic E-state index is 0.355. The first kappa shape index (κ1) is 16.7. The molecule has 0 amide bonds. The zero-order chi connectivity index (χ0) is 17.1. The Morgan fingerprint density at radius 2 is 1.83 bits per heavy atom. The van der Waals surface area contributed by atoms with Gasteiger partial charge in [0.15, 0.2) is 0 Å². The number of anilines is 2. The minimum Gasteiger partial charge on any atom is -0.399 e. The van der Waals surface area contributed by atoms with Crippen LogP contribution in [0, 0.1) is 6.92 Å². The van der Waals surface area contributed by atoms with Gasteiger partial charge in [-0.15, -0.1) is 0 Å². The smallest absolute Gasteiger partial charge is 0.133 e. The van der Waals surface area contributed by atoms with Gasteiger partial charge in [0, 0.05) is 56.1 Å². The summed E-state index contributed by atoms with van der Waals surface area (Å²) in [4.78, 5) is 14.2. The number of benzene rings is 1. The maximum Gasteiger partial charge on any atom is 0.133 e. The molecule has 128 valence electrons. The maximum atomic E-state index is 5.87. The van der Waals surface area contributed by atoms with Crippen molar-refractivity contribution in [1.29, 1.82) is 0 Å². The van der Waals surface area contributed by atoms with E-state index >= 15 is 0 Å². The predicted molar refractivity (Wildman–Crippen MR) is 99.2 cm³/mol. The van der Waals surface area contributed by atoms with E-state index < -0.39 is 0 Å². The van der Waals surface area contributed by atoms with Gasteiger partial charge in [0.1, 0.15) is 11.6 Å². The Morgan fingerprint density at radius 1 is 1.08 bits per heavy atom. The van der Waals surface area contributed by atoms with Gasteiger partial charge in [-0.05, 0) is 24.6 Å². The van der Waals surface area contributed by atoms with Crippen molar-refractivity contribution in [3.05, 3.63) is 47.4 Å². The van der Waals surface area contributed by atoms with E-state index in [1.807, 2.05) is 19.1 Å². The Kier molecular flexibility index (Phi) is 5.00. The van der Waals surface area contributed by atoms with E-state index in [1.165, 1.54) is 5.56 Å². The van der Waals surface area contributed by atoms with E-state index in [9.17, 15) is 0 Å². The van der Waals surface area contributed by atoms with Crippen molar-refractivity contribution in [2.45, 2.75) is 33.2 Å². The lowest BCUT2D eigenvalue weighted by atomic mass is 10.1. The first-order valence-corrected chi connectivity index (χ1v) is 8.68. The van der Waals surface area contributed by atoms with Crippen molar-refractivity contribution in [1.82, 2.24) is 14.9 Å². The fourth-order valence-corrected chi connectivity index (χ4v) is 3.08. The first-order chi connectivity index (χ1) is 11.5. The largest absolute Gasteiger partial charge is 0.399 e. The fraction of sp³-hybridized carbons (Fsp3) is 0.474. The molecule has 2 aromatic rings. The van der Waals surface area contributed by atoms with Gasteiger partial charge in [-0.1, -0.05) is 26.0 Å². The third kappa shape index (κ3) is 4.03. The maximum absolute atomic E-state index is 5.87. The summed E-state index contributed by atoms with van der Waals surface area (Å²) < 4.78 is 0. The molecule has 1 fully saturated rings. The van der Waals surface area contributed by atoms with Crippen LogP contribution in [0.4, 0.5) is 11.5 Å². The molecule has 1 aliphatic heterocycles. The molecule has 1 aromatic carbocycles. The monoisotopic (exact) mass is 325 g/mol. The second kappa shape index (κ2) is 7.18. The fourth-order valence-electron chi connectivity index (χ4n) is 3.08. The van der Waals surface area contributed by atoms with Gasteiger partial charge in [0.2, 0.25) is 0 Å². The SMILES string of the molecule is Cc1cc(N2CCN(Cc3cccc(N)c3)CC2)nc(C(C)C)n1. The van der Waals surface area contributed by atoms with Crippen molar-refractivity contribution < 1.29 is 0 Å². The zero-order valence-electron chi connectivity index (χ0n) is 14.9. The molecule has 1 aromatic heterocycles. The molecule has 24 heavy (non-hydrogen) atoms. The van der Waals surface area contributed by atoms with E-state index in [4.69, 9.17) is 10.7 Å². The molecule has 0 atom stereocenters. The minimum atomic E-state index is 0.355. The molecule has 1 saturated heterocycles. The summed E-state index contributed by atoms with van der Waals surface area (Å²) in [6, 6.07) is 10.3. The van der Waals surface area contributed by atoms with Crippen molar-refractivity contribution in [2.24, 2.45) is 0 Å². The average molecular weight is 325 g/mol. The molecular weight excluding hydrogens is 298 g/mol. The second-order valence-electron chi connectivity index (χ2n) is 6.89. The number of aromatic nitrogens is 2. The number of nitrogens with zero attached hydrogens (tertiary/aromatic N) is 4. The lowest BCUT2D eigenvalue weighted by Gasteiger charge is -2.35. The Morgan fingerprint density at radius 3 is 2.50 bits per heavy atom. The van der Waals surface area contributed by atoms with Gasteiger partial charge in [0.05, 0.1) is 0 Å². The van der Waals surface area contributed by atoms with Crippen LogP contribution in [-0.2, 0) is 6.54 Å². The topological polar surface area (TPSA) is 58.3 Å². The van der Waals surface area contributed by atoms with Gasteiger partial charge in [-0.25, -0.2) is 9.97 Å². The molecule has 3 rings (SSSR count). The van der Waals surface area contributed by atoms with Crippen molar-refractivity contribution in [3.8, 4) is 0 Å². The first-order valence-electron chi connectivity index (χ1n) is 8.68. The Bertz CT molecular complexity index is 690. The van der Waals surface area contributed by atoms with Gasteiger partial charge >= 0.3 is 0 Å². The normalized spacial score (nSPS) is 15.9. The molecule has 0 bridgehead atoms. The molecule has 0 spiro atoms.